The van der Waals surface area contributed by atoms with Crippen molar-refractivity contribution in [2.45, 2.75) is 193 Å². The lowest BCUT2D eigenvalue weighted by Gasteiger charge is -2.31. The fraction of sp³-hybridized carbons (Fsp3) is 0.706. The normalized spacial score (nSPS) is 13.6. The van der Waals surface area contributed by atoms with Crippen LogP contribution in [0.5, 0.6) is 0 Å². The van der Waals surface area contributed by atoms with Gasteiger partial charge < -0.3 is 23.8 Å². The van der Waals surface area contributed by atoms with Gasteiger partial charge in [0.05, 0.1) is 34.4 Å². The van der Waals surface area contributed by atoms with E-state index in [1.807, 2.05) is 21.1 Å². The van der Waals surface area contributed by atoms with E-state index < -0.39 is 18.1 Å². The zero-order valence-electron chi connectivity index (χ0n) is 38.4. The smallest absolute Gasteiger partial charge is 0.362 e. The summed E-state index contributed by atoms with van der Waals surface area (Å²) in [4.78, 5) is 37.0. The average molecular weight is 827 g/mol. The van der Waals surface area contributed by atoms with E-state index in [2.05, 4.69) is 86.8 Å². The first kappa shape index (κ1) is 55.8. The summed E-state index contributed by atoms with van der Waals surface area (Å²) < 4.78 is 17.3. The monoisotopic (exact) mass is 827 g/mol. The molecule has 338 valence electrons. The Labute approximate surface area is 361 Å². The van der Waals surface area contributed by atoms with Gasteiger partial charge in [-0.15, -0.1) is 0 Å². The maximum Gasteiger partial charge on any atom is 0.362 e. The average Bonchev–Trinajstić information content (AvgIpc) is 3.19. The molecule has 59 heavy (non-hydrogen) atoms. The third-order valence-electron chi connectivity index (χ3n) is 10.1. The number of hydrogen-bond donors (Lipinski definition) is 1. The molecule has 0 aromatic heterocycles. The molecule has 0 rings (SSSR count). The highest BCUT2D eigenvalue weighted by Crippen LogP contribution is 2.14. The third-order valence-corrected chi connectivity index (χ3v) is 10.1. The lowest BCUT2D eigenvalue weighted by Crippen LogP contribution is -2.50. The van der Waals surface area contributed by atoms with Crippen LogP contribution in [0.15, 0.2) is 72.9 Å². The quantitative estimate of drug-likeness (QED) is 0.0284. The molecule has 8 heteroatoms. The molecule has 0 amide bonds. The van der Waals surface area contributed by atoms with Gasteiger partial charge >= 0.3 is 17.9 Å². The van der Waals surface area contributed by atoms with Gasteiger partial charge in [-0.25, -0.2) is 4.79 Å². The van der Waals surface area contributed by atoms with Crippen molar-refractivity contribution in [3.63, 3.8) is 0 Å². The first-order valence-corrected chi connectivity index (χ1v) is 23.5. The van der Waals surface area contributed by atoms with Gasteiger partial charge in [-0.1, -0.05) is 157 Å². The molecule has 0 saturated heterocycles. The summed E-state index contributed by atoms with van der Waals surface area (Å²) in [5.74, 6) is -1.50. The number of allylic oxidation sites excluding steroid dienone is 12. The van der Waals surface area contributed by atoms with Gasteiger partial charge in [0.2, 0.25) is 0 Å². The van der Waals surface area contributed by atoms with E-state index in [-0.39, 0.29) is 36.2 Å². The molecule has 0 saturated carbocycles. The Morgan fingerprint density at radius 2 is 0.898 bits per heavy atom. The standard InChI is InChI=1S/C51H87NO7/c1-6-8-10-12-14-16-18-20-21-22-23-24-25-26-27-28-29-30-32-34-36-38-40-42-50(54)59-47(45-57-44-43-48(51(55)56)52(3,4)5)46-58-49(53)41-39-37-35-33-31-19-17-15-13-11-9-7-2/h8-11,14-17,20-21,23-24,47-48H,6-7,12-13,18-19,22,25-46H2,1-5H3/p+1/b10-8+,11-9+,16-14+,17-15+,21-20+,24-23+. The molecular weight excluding hydrogens is 739 g/mol. The van der Waals surface area contributed by atoms with Crippen LogP contribution < -0.4 is 0 Å². The fourth-order valence-electron chi connectivity index (χ4n) is 6.53. The summed E-state index contributed by atoms with van der Waals surface area (Å²) in [5, 5.41) is 9.63. The molecule has 0 heterocycles. The number of aliphatic carboxylic acids is 1. The second kappa shape index (κ2) is 41.5. The van der Waals surface area contributed by atoms with Crippen molar-refractivity contribution in [2.24, 2.45) is 0 Å². The van der Waals surface area contributed by atoms with E-state index in [9.17, 15) is 19.5 Å². The van der Waals surface area contributed by atoms with Gasteiger partial charge in [-0.3, -0.25) is 9.59 Å². The highest BCUT2D eigenvalue weighted by atomic mass is 16.6. The molecule has 0 aliphatic carbocycles. The van der Waals surface area contributed by atoms with Crippen LogP contribution in [0, 0.1) is 0 Å². The number of likely N-dealkylation sites (N-methyl/N-ethyl adjacent to an activating group) is 1. The van der Waals surface area contributed by atoms with Gasteiger partial charge in [0.1, 0.15) is 6.61 Å². The first-order chi connectivity index (χ1) is 28.6. The zero-order chi connectivity index (χ0) is 43.5. The van der Waals surface area contributed by atoms with Crippen molar-refractivity contribution in [1.29, 1.82) is 0 Å². The molecule has 0 aromatic rings. The number of carbonyl (C=O) groups excluding carboxylic acids is 2. The zero-order valence-corrected chi connectivity index (χ0v) is 38.4. The molecule has 0 aromatic carbocycles. The molecule has 0 spiro atoms. The molecule has 0 radical (unpaired) electrons. The number of carbonyl (C=O) groups is 3. The summed E-state index contributed by atoms with van der Waals surface area (Å²) in [7, 11) is 5.52. The van der Waals surface area contributed by atoms with Crippen LogP contribution in [0.4, 0.5) is 0 Å². The lowest BCUT2D eigenvalue weighted by molar-refractivity contribution is -0.887. The molecule has 2 unspecified atom stereocenters. The van der Waals surface area contributed by atoms with E-state index in [0.717, 1.165) is 96.3 Å². The minimum atomic E-state index is -0.880. The highest BCUT2D eigenvalue weighted by Gasteiger charge is 2.31. The summed E-state index contributed by atoms with van der Waals surface area (Å²) >= 11 is 0. The van der Waals surface area contributed by atoms with Crippen molar-refractivity contribution >= 4 is 17.9 Å². The largest absolute Gasteiger partial charge is 0.477 e. The van der Waals surface area contributed by atoms with Crippen LogP contribution in [0.25, 0.3) is 0 Å². The predicted molar refractivity (Wildman–Crippen MR) is 247 cm³/mol. The van der Waals surface area contributed by atoms with E-state index in [4.69, 9.17) is 14.2 Å². The summed E-state index contributed by atoms with van der Waals surface area (Å²) in [6.45, 7) is 4.49. The maximum atomic E-state index is 12.8. The van der Waals surface area contributed by atoms with Crippen LogP contribution in [-0.4, -0.2) is 80.6 Å². The maximum absolute atomic E-state index is 12.8. The molecule has 0 aliphatic rings. The van der Waals surface area contributed by atoms with E-state index in [0.29, 0.717) is 19.3 Å². The van der Waals surface area contributed by atoms with E-state index in [1.165, 1.54) is 51.4 Å². The van der Waals surface area contributed by atoms with Crippen molar-refractivity contribution < 1.29 is 38.2 Å². The predicted octanol–water partition coefficient (Wildman–Crippen LogP) is 13.1. The number of ether oxygens (including phenoxy) is 3. The second-order valence-corrected chi connectivity index (χ2v) is 16.6. The second-order valence-electron chi connectivity index (χ2n) is 16.6. The number of hydrogen-bond acceptors (Lipinski definition) is 6. The van der Waals surface area contributed by atoms with Crippen LogP contribution in [0.3, 0.4) is 0 Å². The number of carboxylic acid groups (broad SMARTS) is 1. The van der Waals surface area contributed by atoms with E-state index >= 15 is 0 Å². The van der Waals surface area contributed by atoms with Gasteiger partial charge in [-0.05, 0) is 77.0 Å². The highest BCUT2D eigenvalue weighted by molar-refractivity contribution is 5.72. The van der Waals surface area contributed by atoms with Crippen LogP contribution in [-0.2, 0) is 28.6 Å². The molecule has 8 nitrogen and oxygen atoms in total. The van der Waals surface area contributed by atoms with Crippen molar-refractivity contribution in [1.82, 2.24) is 0 Å². The molecule has 0 bridgehead atoms. The Balaban J connectivity index is 4.26. The Hall–Kier alpha value is -3.23. The topological polar surface area (TPSA) is 99.1 Å². The number of rotatable bonds is 41. The molecule has 0 aliphatic heterocycles. The lowest BCUT2D eigenvalue weighted by atomic mass is 10.0. The van der Waals surface area contributed by atoms with Gasteiger partial charge in [0.25, 0.3) is 0 Å². The Kier molecular flexibility index (Phi) is 39.2. The van der Waals surface area contributed by atoms with Crippen LogP contribution in [0.1, 0.15) is 181 Å². The molecule has 1 N–H and O–H groups in total. The van der Waals surface area contributed by atoms with Crippen molar-refractivity contribution in [3.05, 3.63) is 72.9 Å². The number of unbranched alkanes of at least 4 members (excludes halogenated alkanes) is 15. The Bertz CT molecular complexity index is 1190. The third kappa shape index (κ3) is 40.0. The fourth-order valence-corrected chi connectivity index (χ4v) is 6.53. The van der Waals surface area contributed by atoms with Gasteiger partial charge in [-0.2, -0.15) is 0 Å². The number of carboxylic acids is 1. The summed E-state index contributed by atoms with van der Waals surface area (Å²) in [6, 6.07) is -0.620. The van der Waals surface area contributed by atoms with Crippen LogP contribution >= 0.6 is 0 Å². The molecule has 2 atom stereocenters. The first-order valence-electron chi connectivity index (χ1n) is 23.5. The minimum absolute atomic E-state index is 0.0519. The van der Waals surface area contributed by atoms with E-state index in [1.54, 1.807) is 0 Å². The van der Waals surface area contributed by atoms with Gasteiger partial charge in [0, 0.05) is 19.3 Å². The van der Waals surface area contributed by atoms with Crippen molar-refractivity contribution in [2.75, 3.05) is 41.0 Å². The SMILES string of the molecule is CC/C=C/C/C=C/C/C=C/C/C=C/CCCCCCCCCCCCC(=O)OC(COCCC(C(=O)O)[N+](C)(C)C)COC(=O)CCCCCCC/C=C/C/C=C/CC. The number of nitrogens with zero attached hydrogens (tertiary/aromatic N) is 1. The summed E-state index contributed by atoms with van der Waals surface area (Å²) in [5.41, 5.74) is 0. The Morgan fingerprint density at radius 3 is 1.32 bits per heavy atom. The van der Waals surface area contributed by atoms with Crippen molar-refractivity contribution in [3.8, 4) is 0 Å². The van der Waals surface area contributed by atoms with Crippen LogP contribution in [0.2, 0.25) is 0 Å². The Morgan fingerprint density at radius 1 is 0.508 bits per heavy atom. The number of quaternary nitrogens is 1. The number of esters is 2. The molecule has 0 fully saturated rings. The molecular formula is C51H88NO7+. The van der Waals surface area contributed by atoms with Gasteiger partial charge in [0.15, 0.2) is 12.1 Å². The summed E-state index contributed by atoms with van der Waals surface area (Å²) in [6.07, 6.45) is 52.4. The minimum Gasteiger partial charge on any atom is -0.477 e.